The number of halogens is 3. The Kier molecular flexibility index (Phi) is 6.08. The Morgan fingerprint density at radius 2 is 1.84 bits per heavy atom. The van der Waals surface area contributed by atoms with Crippen molar-refractivity contribution in [3.8, 4) is 0 Å². The predicted octanol–water partition coefficient (Wildman–Crippen LogP) is 6.17. The summed E-state index contributed by atoms with van der Waals surface area (Å²) in [5.41, 5.74) is 1.67. The number of nitrogens with one attached hydrogen (secondary N) is 1. The van der Waals surface area contributed by atoms with Crippen LogP contribution in [0.25, 0.3) is 10.9 Å². The molecule has 1 amide bonds. The van der Waals surface area contributed by atoms with Gasteiger partial charge in [-0.1, -0.05) is 55.7 Å². The number of para-hydroxylation sites is 1. The molecule has 0 radical (unpaired) electrons. The predicted molar refractivity (Wildman–Crippen MR) is 116 cm³/mol. The van der Waals surface area contributed by atoms with E-state index >= 15 is 0 Å². The molecule has 1 aromatic heterocycles. The average Bonchev–Trinajstić information content (AvgIpc) is 3.09. The van der Waals surface area contributed by atoms with Crippen LogP contribution in [-0.4, -0.2) is 16.5 Å². The number of benzene rings is 2. The number of hydrogen-bond donors (Lipinski definition) is 1. The monoisotopic (exact) mass is 428 g/mol. The summed E-state index contributed by atoms with van der Waals surface area (Å²) in [7, 11) is 1.91. The third-order valence-electron chi connectivity index (χ3n) is 6.28. The first kappa shape index (κ1) is 21.5. The van der Waals surface area contributed by atoms with E-state index in [9.17, 15) is 18.0 Å². The van der Waals surface area contributed by atoms with Crippen molar-refractivity contribution in [2.75, 3.05) is 0 Å². The van der Waals surface area contributed by atoms with Crippen LogP contribution in [0.1, 0.15) is 61.1 Å². The van der Waals surface area contributed by atoms with Crippen molar-refractivity contribution in [3.63, 3.8) is 0 Å². The number of nitrogens with zero attached hydrogens (tertiary/aromatic N) is 1. The van der Waals surface area contributed by atoms with E-state index in [0.717, 1.165) is 48.2 Å². The lowest BCUT2D eigenvalue weighted by Gasteiger charge is -2.24. The molecular weight excluding hydrogens is 401 g/mol. The molecule has 1 unspecified atom stereocenters. The van der Waals surface area contributed by atoms with Gasteiger partial charge in [0.05, 0.1) is 5.56 Å². The first-order chi connectivity index (χ1) is 14.8. The number of alkyl halides is 3. The number of amides is 1. The maximum Gasteiger partial charge on any atom is 0.416 e. The minimum Gasteiger partial charge on any atom is -0.353 e. The molecule has 31 heavy (non-hydrogen) atoms. The van der Waals surface area contributed by atoms with Crippen molar-refractivity contribution < 1.29 is 18.0 Å². The molecule has 2 aromatic carbocycles. The molecule has 1 saturated carbocycles. The van der Waals surface area contributed by atoms with Gasteiger partial charge in [-0.3, -0.25) is 4.79 Å². The van der Waals surface area contributed by atoms with Gasteiger partial charge < -0.3 is 9.88 Å². The number of aromatic nitrogens is 1. The van der Waals surface area contributed by atoms with Crippen LogP contribution in [0.2, 0.25) is 0 Å². The Balaban J connectivity index is 1.71. The Morgan fingerprint density at radius 3 is 2.58 bits per heavy atom. The SMILES string of the molecule is Cn1cc(C(CC(=O)NC2CCCCC2)c2cccc(C(F)(F)F)c2)c2ccccc21. The second kappa shape index (κ2) is 8.77. The van der Waals surface area contributed by atoms with Crippen molar-refractivity contribution in [3.05, 3.63) is 71.4 Å². The maximum atomic E-state index is 13.4. The van der Waals surface area contributed by atoms with E-state index in [1.807, 2.05) is 42.1 Å². The van der Waals surface area contributed by atoms with Gasteiger partial charge in [-0.25, -0.2) is 0 Å². The zero-order chi connectivity index (χ0) is 22.0. The summed E-state index contributed by atoms with van der Waals surface area (Å²) in [5.74, 6) is -0.570. The van der Waals surface area contributed by atoms with Crippen molar-refractivity contribution in [2.24, 2.45) is 7.05 Å². The molecule has 1 N–H and O–H groups in total. The average molecular weight is 428 g/mol. The molecule has 4 rings (SSSR count). The van der Waals surface area contributed by atoms with Gasteiger partial charge in [0.1, 0.15) is 0 Å². The molecule has 1 aliphatic carbocycles. The number of fused-ring (bicyclic) bond motifs is 1. The lowest BCUT2D eigenvalue weighted by Crippen LogP contribution is -2.36. The van der Waals surface area contributed by atoms with Crippen LogP contribution in [0.15, 0.2) is 54.7 Å². The van der Waals surface area contributed by atoms with Gasteiger partial charge in [-0.15, -0.1) is 0 Å². The van der Waals surface area contributed by atoms with Gasteiger partial charge in [-0.05, 0) is 36.1 Å². The quantitative estimate of drug-likeness (QED) is 0.518. The number of carbonyl (C=O) groups excluding carboxylic acids is 1. The topological polar surface area (TPSA) is 34.0 Å². The fourth-order valence-electron chi connectivity index (χ4n) is 4.71. The number of aryl methyl sites for hydroxylation is 1. The molecule has 0 saturated heterocycles. The first-order valence-corrected chi connectivity index (χ1v) is 10.8. The maximum absolute atomic E-state index is 13.4. The molecule has 3 aromatic rings. The smallest absolute Gasteiger partial charge is 0.353 e. The highest BCUT2D eigenvalue weighted by Gasteiger charge is 2.32. The molecule has 1 fully saturated rings. The van der Waals surface area contributed by atoms with E-state index in [-0.39, 0.29) is 18.4 Å². The van der Waals surface area contributed by atoms with Gasteiger partial charge in [0.25, 0.3) is 0 Å². The van der Waals surface area contributed by atoms with Crippen LogP contribution >= 0.6 is 0 Å². The molecule has 1 aliphatic rings. The van der Waals surface area contributed by atoms with Crippen LogP contribution in [0, 0.1) is 0 Å². The highest BCUT2D eigenvalue weighted by Crippen LogP contribution is 2.37. The minimum atomic E-state index is -4.43. The van der Waals surface area contributed by atoms with Crippen LogP contribution in [-0.2, 0) is 18.0 Å². The summed E-state index contributed by atoms with van der Waals surface area (Å²) in [6.07, 6.45) is 2.95. The van der Waals surface area contributed by atoms with Crippen molar-refractivity contribution in [1.82, 2.24) is 9.88 Å². The Bertz CT molecular complexity index is 1060. The lowest BCUT2D eigenvalue weighted by molar-refractivity contribution is -0.137. The Hall–Kier alpha value is -2.76. The summed E-state index contributed by atoms with van der Waals surface area (Å²) in [6, 6.07) is 13.3. The summed E-state index contributed by atoms with van der Waals surface area (Å²) < 4.78 is 42.1. The molecule has 1 heterocycles. The first-order valence-electron chi connectivity index (χ1n) is 10.8. The largest absolute Gasteiger partial charge is 0.416 e. The van der Waals surface area contributed by atoms with Crippen LogP contribution in [0.5, 0.6) is 0 Å². The van der Waals surface area contributed by atoms with E-state index in [2.05, 4.69) is 5.32 Å². The lowest BCUT2D eigenvalue weighted by atomic mass is 9.86. The summed E-state index contributed by atoms with van der Waals surface area (Å²) in [5, 5.41) is 4.08. The van der Waals surface area contributed by atoms with Gasteiger partial charge >= 0.3 is 6.18 Å². The highest BCUT2D eigenvalue weighted by atomic mass is 19.4. The molecule has 0 spiro atoms. The van der Waals surface area contributed by atoms with Gasteiger partial charge in [0.2, 0.25) is 5.91 Å². The second-order valence-corrected chi connectivity index (χ2v) is 8.49. The third-order valence-corrected chi connectivity index (χ3v) is 6.28. The van der Waals surface area contributed by atoms with E-state index in [1.165, 1.54) is 18.6 Å². The van der Waals surface area contributed by atoms with Crippen LogP contribution < -0.4 is 5.32 Å². The number of carbonyl (C=O) groups is 1. The molecule has 164 valence electrons. The standard InChI is InChI=1S/C25H27F3N2O/c1-30-16-22(20-12-5-6-13-23(20)30)21(15-24(31)29-19-10-3-2-4-11-19)17-8-7-9-18(14-17)25(26,27)28/h5-9,12-14,16,19,21H,2-4,10-11,15H2,1H3,(H,29,31). The van der Waals surface area contributed by atoms with Crippen LogP contribution in [0.4, 0.5) is 13.2 Å². The van der Waals surface area contributed by atoms with Gasteiger partial charge in [0.15, 0.2) is 0 Å². The van der Waals surface area contributed by atoms with Gasteiger partial charge in [-0.2, -0.15) is 13.2 Å². The Morgan fingerprint density at radius 1 is 1.10 bits per heavy atom. The van der Waals surface area contributed by atoms with Crippen LogP contribution in [0.3, 0.4) is 0 Å². The fourth-order valence-corrected chi connectivity index (χ4v) is 4.71. The summed E-state index contributed by atoms with van der Waals surface area (Å²) in [6.45, 7) is 0. The molecule has 0 aliphatic heterocycles. The van der Waals surface area contributed by atoms with Crippen molar-refractivity contribution in [1.29, 1.82) is 0 Å². The molecular formula is C25H27F3N2O. The fraction of sp³-hybridized carbons (Fsp3) is 0.400. The number of rotatable bonds is 5. The zero-order valence-electron chi connectivity index (χ0n) is 17.6. The zero-order valence-corrected chi connectivity index (χ0v) is 17.6. The second-order valence-electron chi connectivity index (χ2n) is 8.49. The molecule has 1 atom stereocenters. The summed E-state index contributed by atoms with van der Waals surface area (Å²) >= 11 is 0. The van der Waals surface area contributed by atoms with E-state index in [4.69, 9.17) is 0 Å². The highest BCUT2D eigenvalue weighted by molar-refractivity contribution is 5.86. The molecule has 3 nitrogen and oxygen atoms in total. The van der Waals surface area contributed by atoms with Crippen molar-refractivity contribution in [2.45, 2.75) is 56.7 Å². The molecule has 0 bridgehead atoms. The van der Waals surface area contributed by atoms with E-state index < -0.39 is 17.7 Å². The Labute approximate surface area is 180 Å². The molecule has 6 heteroatoms. The third kappa shape index (κ3) is 4.78. The number of hydrogen-bond acceptors (Lipinski definition) is 1. The van der Waals surface area contributed by atoms with E-state index in [0.29, 0.717) is 5.56 Å². The summed E-state index contributed by atoms with van der Waals surface area (Å²) in [4.78, 5) is 13.0. The van der Waals surface area contributed by atoms with Gasteiger partial charge in [0, 0.05) is 42.5 Å². The van der Waals surface area contributed by atoms with Crippen molar-refractivity contribution >= 4 is 16.8 Å². The normalized spacial score (nSPS) is 16.4. The van der Waals surface area contributed by atoms with E-state index in [1.54, 1.807) is 6.07 Å². The minimum absolute atomic E-state index is 0.109.